The van der Waals surface area contributed by atoms with Gasteiger partial charge < -0.3 is 4.57 Å². The molecule has 0 fully saturated rings. The number of fused-ring (bicyclic) bond motifs is 3. The van der Waals surface area contributed by atoms with Crippen molar-refractivity contribution in [1.82, 2.24) is 4.57 Å². The van der Waals surface area contributed by atoms with E-state index in [1.807, 2.05) is 0 Å². The molecule has 0 spiro atoms. The van der Waals surface area contributed by atoms with Crippen LogP contribution in [0.25, 0.3) is 21.8 Å². The van der Waals surface area contributed by atoms with E-state index >= 15 is 0 Å². The van der Waals surface area contributed by atoms with Crippen molar-refractivity contribution >= 4 is 21.8 Å². The van der Waals surface area contributed by atoms with Gasteiger partial charge in [-0.1, -0.05) is 23.3 Å². The first-order chi connectivity index (χ1) is 8.88. The molecule has 0 saturated carbocycles. The van der Waals surface area contributed by atoms with Gasteiger partial charge in [0.2, 0.25) is 0 Å². The Bertz CT molecular complexity index is 710. The summed E-state index contributed by atoms with van der Waals surface area (Å²) < 4.78 is 2.45. The van der Waals surface area contributed by atoms with E-state index in [0.717, 1.165) is 0 Å². The van der Waals surface area contributed by atoms with Crippen LogP contribution in [0.4, 0.5) is 0 Å². The van der Waals surface area contributed by atoms with Gasteiger partial charge in [0.15, 0.2) is 0 Å². The van der Waals surface area contributed by atoms with Gasteiger partial charge in [-0.3, -0.25) is 0 Å². The lowest BCUT2D eigenvalue weighted by molar-refractivity contribution is 0.423. The molecule has 2 aromatic carbocycles. The van der Waals surface area contributed by atoms with Crippen LogP contribution < -0.4 is 0 Å². The molecule has 0 saturated heterocycles. The third-order valence-corrected chi connectivity index (χ3v) is 3.75. The monoisotopic (exact) mass is 251 g/mol. The zero-order valence-electron chi connectivity index (χ0n) is 12.4. The van der Waals surface area contributed by atoms with Crippen LogP contribution in [0.3, 0.4) is 0 Å². The summed E-state index contributed by atoms with van der Waals surface area (Å²) in [5, 5.41) is 2.74. The highest BCUT2D eigenvalue weighted by atomic mass is 15.0. The third kappa shape index (κ3) is 1.85. The van der Waals surface area contributed by atoms with Crippen molar-refractivity contribution in [2.75, 3.05) is 0 Å². The Morgan fingerprint density at radius 2 is 1.16 bits per heavy atom. The van der Waals surface area contributed by atoms with E-state index in [1.54, 1.807) is 0 Å². The van der Waals surface area contributed by atoms with E-state index in [1.165, 1.54) is 32.9 Å². The molecule has 3 rings (SSSR count). The van der Waals surface area contributed by atoms with Gasteiger partial charge in [-0.05, 0) is 58.9 Å². The third-order valence-electron chi connectivity index (χ3n) is 3.75. The van der Waals surface area contributed by atoms with Gasteiger partial charge in [-0.15, -0.1) is 0 Å². The highest BCUT2D eigenvalue weighted by Crippen LogP contribution is 2.34. The summed E-state index contributed by atoms with van der Waals surface area (Å²) in [6.45, 7) is 11.1. The fourth-order valence-electron chi connectivity index (χ4n) is 2.97. The summed E-state index contributed by atoms with van der Waals surface area (Å²) >= 11 is 0. The van der Waals surface area contributed by atoms with Crippen LogP contribution in [-0.2, 0) is 5.54 Å². The minimum atomic E-state index is 0.0878. The van der Waals surface area contributed by atoms with Crippen molar-refractivity contribution in [2.45, 2.75) is 40.2 Å². The molecule has 0 radical (unpaired) electrons. The van der Waals surface area contributed by atoms with Gasteiger partial charge in [0, 0.05) is 27.3 Å². The van der Waals surface area contributed by atoms with Gasteiger partial charge in [-0.2, -0.15) is 0 Å². The van der Waals surface area contributed by atoms with Crippen molar-refractivity contribution in [3.8, 4) is 0 Å². The number of benzene rings is 2. The Balaban J connectivity index is 2.58. The lowest BCUT2D eigenvalue weighted by Crippen LogP contribution is -2.21. The lowest BCUT2D eigenvalue weighted by atomic mass is 10.1. The van der Waals surface area contributed by atoms with Crippen LogP contribution >= 0.6 is 0 Å². The molecule has 1 heteroatoms. The van der Waals surface area contributed by atoms with Gasteiger partial charge >= 0.3 is 0 Å². The molecular weight excluding hydrogens is 230 g/mol. The second kappa shape index (κ2) is 3.86. The van der Waals surface area contributed by atoms with Crippen molar-refractivity contribution in [2.24, 2.45) is 0 Å². The maximum Gasteiger partial charge on any atom is 0.0496 e. The van der Waals surface area contributed by atoms with Crippen LogP contribution in [0.1, 0.15) is 31.9 Å². The van der Waals surface area contributed by atoms with Gasteiger partial charge in [0.25, 0.3) is 0 Å². The molecule has 3 aromatic rings. The van der Waals surface area contributed by atoms with E-state index < -0.39 is 0 Å². The summed E-state index contributed by atoms with van der Waals surface area (Å²) in [5.74, 6) is 0. The van der Waals surface area contributed by atoms with E-state index in [-0.39, 0.29) is 5.54 Å². The van der Waals surface area contributed by atoms with Gasteiger partial charge in [0.05, 0.1) is 0 Å². The molecule has 0 atom stereocenters. The molecule has 0 N–H and O–H groups in total. The van der Waals surface area contributed by atoms with Crippen LogP contribution in [0.15, 0.2) is 36.4 Å². The van der Waals surface area contributed by atoms with E-state index in [4.69, 9.17) is 0 Å². The number of aromatic nitrogens is 1. The standard InChI is InChI=1S/C18H21N/c1-12-6-8-16-14(10-12)15-11-13(2)7-9-17(15)19(16)18(3,4)5/h6-11H,1-5H3. The Labute approximate surface area is 114 Å². The van der Waals surface area contributed by atoms with E-state index in [9.17, 15) is 0 Å². The zero-order valence-corrected chi connectivity index (χ0v) is 12.4. The first-order valence-corrected chi connectivity index (χ1v) is 6.90. The lowest BCUT2D eigenvalue weighted by Gasteiger charge is -2.24. The van der Waals surface area contributed by atoms with E-state index in [2.05, 4.69) is 75.6 Å². The van der Waals surface area contributed by atoms with Crippen molar-refractivity contribution < 1.29 is 0 Å². The van der Waals surface area contributed by atoms with Gasteiger partial charge in [0.1, 0.15) is 0 Å². The number of nitrogens with zero attached hydrogens (tertiary/aromatic N) is 1. The summed E-state index contributed by atoms with van der Waals surface area (Å²) in [6, 6.07) is 13.5. The van der Waals surface area contributed by atoms with Crippen LogP contribution in [0, 0.1) is 13.8 Å². The highest BCUT2D eigenvalue weighted by molar-refractivity contribution is 6.08. The maximum atomic E-state index is 2.45. The van der Waals surface area contributed by atoms with Crippen molar-refractivity contribution in [3.05, 3.63) is 47.5 Å². The molecule has 0 bridgehead atoms. The van der Waals surface area contributed by atoms with E-state index in [0.29, 0.717) is 0 Å². The summed E-state index contributed by atoms with van der Waals surface area (Å²) in [4.78, 5) is 0. The largest absolute Gasteiger partial charge is 0.335 e. The molecule has 1 aromatic heterocycles. The Morgan fingerprint density at radius 1 is 0.737 bits per heavy atom. The molecule has 0 aliphatic carbocycles. The average Bonchev–Trinajstić information content (AvgIpc) is 2.62. The topological polar surface area (TPSA) is 4.93 Å². The molecule has 0 aliphatic heterocycles. The van der Waals surface area contributed by atoms with Crippen LogP contribution in [0.2, 0.25) is 0 Å². The highest BCUT2D eigenvalue weighted by Gasteiger charge is 2.20. The second-order valence-electron chi connectivity index (χ2n) is 6.55. The molecule has 1 nitrogen and oxygen atoms in total. The zero-order chi connectivity index (χ0) is 13.8. The predicted octanol–water partition coefficient (Wildman–Crippen LogP) is 5.17. The first-order valence-electron chi connectivity index (χ1n) is 6.90. The molecule has 19 heavy (non-hydrogen) atoms. The Hall–Kier alpha value is -1.76. The molecular formula is C18H21N. The van der Waals surface area contributed by atoms with Crippen molar-refractivity contribution in [3.63, 3.8) is 0 Å². The molecule has 0 amide bonds. The van der Waals surface area contributed by atoms with Crippen LogP contribution in [-0.4, -0.2) is 4.57 Å². The summed E-state index contributed by atoms with van der Waals surface area (Å²) in [5.41, 5.74) is 5.39. The minimum absolute atomic E-state index is 0.0878. The Kier molecular flexibility index (Phi) is 2.50. The SMILES string of the molecule is Cc1ccc2c(c1)c1cc(C)ccc1n2C(C)(C)C. The fourth-order valence-corrected chi connectivity index (χ4v) is 2.97. The number of aryl methyl sites for hydroxylation is 2. The molecule has 1 heterocycles. The summed E-state index contributed by atoms with van der Waals surface area (Å²) in [6.07, 6.45) is 0. The molecule has 98 valence electrons. The fraction of sp³-hybridized carbons (Fsp3) is 0.333. The quantitative estimate of drug-likeness (QED) is 0.519. The Morgan fingerprint density at radius 3 is 1.53 bits per heavy atom. The predicted molar refractivity (Wildman–Crippen MR) is 83.9 cm³/mol. The van der Waals surface area contributed by atoms with Crippen LogP contribution in [0.5, 0.6) is 0 Å². The molecule has 0 unspecified atom stereocenters. The summed E-state index contributed by atoms with van der Waals surface area (Å²) in [7, 11) is 0. The average molecular weight is 251 g/mol. The smallest absolute Gasteiger partial charge is 0.0496 e. The maximum absolute atomic E-state index is 2.45. The van der Waals surface area contributed by atoms with Gasteiger partial charge in [-0.25, -0.2) is 0 Å². The number of hydrogen-bond acceptors (Lipinski definition) is 0. The minimum Gasteiger partial charge on any atom is -0.335 e. The first kappa shape index (κ1) is 12.3. The second-order valence-corrected chi connectivity index (χ2v) is 6.55. The van der Waals surface area contributed by atoms with Crippen molar-refractivity contribution in [1.29, 1.82) is 0 Å². The number of rotatable bonds is 0. The normalized spacial score (nSPS) is 12.5. The number of hydrogen-bond donors (Lipinski definition) is 0. The molecule has 0 aliphatic rings.